The molecule has 2 aromatic rings. The summed E-state index contributed by atoms with van der Waals surface area (Å²) in [5, 5.41) is 2.71. The number of pyridine rings is 1. The molecule has 0 spiro atoms. The molecule has 1 amide bonds. The molecule has 0 unspecified atom stereocenters. The van der Waals surface area contributed by atoms with E-state index in [4.69, 9.17) is 0 Å². The molecule has 7 heteroatoms. The smallest absolute Gasteiger partial charge is 0.243 e. The van der Waals surface area contributed by atoms with Gasteiger partial charge in [0.2, 0.25) is 15.9 Å². The summed E-state index contributed by atoms with van der Waals surface area (Å²) in [5.41, 5.74) is 2.47. The van der Waals surface area contributed by atoms with Crippen molar-refractivity contribution in [3.8, 4) is 0 Å². The van der Waals surface area contributed by atoms with Gasteiger partial charge >= 0.3 is 0 Å². The van der Waals surface area contributed by atoms with Gasteiger partial charge in [0.15, 0.2) is 0 Å². The molecule has 3 rings (SSSR count). The van der Waals surface area contributed by atoms with Crippen LogP contribution in [-0.2, 0) is 27.7 Å². The summed E-state index contributed by atoms with van der Waals surface area (Å²) in [6, 6.07) is 8.57. The van der Waals surface area contributed by atoms with Crippen molar-refractivity contribution >= 4 is 21.6 Å². The highest BCUT2D eigenvalue weighted by Gasteiger charge is 2.26. The Morgan fingerprint density at radius 1 is 1.21 bits per heavy atom. The van der Waals surface area contributed by atoms with Gasteiger partial charge in [-0.15, -0.1) is 0 Å². The average molecular weight is 345 g/mol. The zero-order chi connectivity index (χ0) is 17.2. The summed E-state index contributed by atoms with van der Waals surface area (Å²) in [4.78, 5) is 15.6. The number of nitrogens with zero attached hydrogens (tertiary/aromatic N) is 2. The number of likely N-dealkylation sites (N-methyl/N-ethyl adjacent to an activating group) is 1. The monoisotopic (exact) mass is 345 g/mol. The van der Waals surface area contributed by atoms with Crippen LogP contribution in [0.25, 0.3) is 0 Å². The molecule has 2 heterocycles. The van der Waals surface area contributed by atoms with Crippen molar-refractivity contribution in [2.24, 2.45) is 0 Å². The first kappa shape index (κ1) is 16.6. The third-order valence-corrected chi connectivity index (χ3v) is 6.06. The highest BCUT2D eigenvalue weighted by molar-refractivity contribution is 7.89. The molecular formula is C17H19N3O3S. The number of benzene rings is 1. The van der Waals surface area contributed by atoms with Gasteiger partial charge in [-0.2, -0.15) is 4.31 Å². The lowest BCUT2D eigenvalue weighted by Gasteiger charge is -2.21. The van der Waals surface area contributed by atoms with Crippen molar-refractivity contribution in [1.82, 2.24) is 9.29 Å². The van der Waals surface area contributed by atoms with Crippen LogP contribution in [0, 0.1) is 0 Å². The van der Waals surface area contributed by atoms with Crippen molar-refractivity contribution < 1.29 is 13.2 Å². The lowest BCUT2D eigenvalue weighted by Crippen LogP contribution is -2.32. The van der Waals surface area contributed by atoms with E-state index in [1.807, 2.05) is 19.1 Å². The maximum absolute atomic E-state index is 12.9. The van der Waals surface area contributed by atoms with E-state index < -0.39 is 10.0 Å². The Balaban J connectivity index is 1.80. The first-order chi connectivity index (χ1) is 11.5. The highest BCUT2D eigenvalue weighted by atomic mass is 32.2. The summed E-state index contributed by atoms with van der Waals surface area (Å²) in [6.07, 6.45) is 4.25. The van der Waals surface area contributed by atoms with Crippen LogP contribution in [0.3, 0.4) is 0 Å². The minimum absolute atomic E-state index is 0.107. The third kappa shape index (κ3) is 3.32. The second kappa shape index (κ2) is 6.70. The molecule has 126 valence electrons. The average Bonchev–Trinajstić information content (AvgIpc) is 2.95. The fraction of sp³-hybridized carbons (Fsp3) is 0.294. The van der Waals surface area contributed by atoms with Gasteiger partial charge in [-0.25, -0.2) is 8.42 Å². The normalized spacial score (nSPS) is 13.8. The fourth-order valence-corrected chi connectivity index (χ4v) is 4.27. The van der Waals surface area contributed by atoms with Crippen molar-refractivity contribution in [2.45, 2.75) is 24.7 Å². The fourth-order valence-electron chi connectivity index (χ4n) is 2.77. The molecule has 0 atom stereocenters. The van der Waals surface area contributed by atoms with Crippen LogP contribution in [0.4, 0.5) is 5.69 Å². The predicted octanol–water partition coefficient (Wildman–Crippen LogP) is 1.83. The summed E-state index contributed by atoms with van der Waals surface area (Å²) in [7, 11) is -3.58. The van der Waals surface area contributed by atoms with E-state index in [1.54, 1.807) is 30.6 Å². The van der Waals surface area contributed by atoms with Crippen LogP contribution in [-0.4, -0.2) is 36.7 Å². The number of nitrogens with one attached hydrogen (secondary N) is 1. The van der Waals surface area contributed by atoms with Gasteiger partial charge in [-0.3, -0.25) is 9.78 Å². The van der Waals surface area contributed by atoms with Crippen LogP contribution in [0.1, 0.15) is 18.1 Å². The van der Waals surface area contributed by atoms with Crippen LogP contribution in [0.2, 0.25) is 0 Å². The Hall–Kier alpha value is -2.25. The minimum Gasteiger partial charge on any atom is -0.326 e. The molecule has 6 nitrogen and oxygen atoms in total. The first-order valence-corrected chi connectivity index (χ1v) is 9.26. The van der Waals surface area contributed by atoms with Gasteiger partial charge < -0.3 is 5.32 Å². The molecule has 1 aromatic carbocycles. The van der Waals surface area contributed by atoms with E-state index in [2.05, 4.69) is 10.3 Å². The largest absolute Gasteiger partial charge is 0.326 e. The van der Waals surface area contributed by atoms with E-state index in [0.29, 0.717) is 25.2 Å². The second-order valence-corrected chi connectivity index (χ2v) is 7.58. The predicted molar refractivity (Wildman–Crippen MR) is 91.1 cm³/mol. The lowest BCUT2D eigenvalue weighted by atomic mass is 10.2. The number of fused-ring (bicyclic) bond motifs is 1. The number of aromatic nitrogens is 1. The summed E-state index contributed by atoms with van der Waals surface area (Å²) in [5.74, 6) is -0.107. The SMILES string of the molecule is CCN(CCc1ccncc1)S(=O)(=O)c1ccc2c(c1)CC(=O)N2. The van der Waals surface area contributed by atoms with Crippen molar-refractivity contribution in [3.05, 3.63) is 53.9 Å². The van der Waals surface area contributed by atoms with E-state index >= 15 is 0 Å². The standard InChI is InChI=1S/C17H19N3O3S/c1-2-20(10-7-13-5-8-18-9-6-13)24(22,23)15-3-4-16-14(11-15)12-17(21)19-16/h3-6,8-9,11H,2,7,10,12H2,1H3,(H,19,21). The van der Waals surface area contributed by atoms with Crippen molar-refractivity contribution in [1.29, 1.82) is 0 Å². The van der Waals surface area contributed by atoms with E-state index in [9.17, 15) is 13.2 Å². The van der Waals surface area contributed by atoms with Gasteiger partial charge in [0.05, 0.1) is 11.3 Å². The third-order valence-electron chi connectivity index (χ3n) is 4.09. The molecule has 1 N–H and O–H groups in total. The maximum atomic E-state index is 12.9. The Bertz CT molecular complexity index is 851. The Labute approximate surface area is 141 Å². The molecule has 1 aliphatic rings. The van der Waals surface area contributed by atoms with Gasteiger partial charge in [0.25, 0.3) is 0 Å². The van der Waals surface area contributed by atoms with Crippen LogP contribution < -0.4 is 5.32 Å². The van der Waals surface area contributed by atoms with Crippen LogP contribution >= 0.6 is 0 Å². The summed E-state index contributed by atoms with van der Waals surface area (Å²) in [6.45, 7) is 2.61. The highest BCUT2D eigenvalue weighted by Crippen LogP contribution is 2.27. The second-order valence-electron chi connectivity index (χ2n) is 5.65. The van der Waals surface area contributed by atoms with Crippen LogP contribution in [0.15, 0.2) is 47.6 Å². The minimum atomic E-state index is -3.58. The lowest BCUT2D eigenvalue weighted by molar-refractivity contribution is -0.115. The molecule has 0 fully saturated rings. The maximum Gasteiger partial charge on any atom is 0.243 e. The van der Waals surface area contributed by atoms with E-state index in [-0.39, 0.29) is 17.2 Å². The molecule has 0 saturated carbocycles. The topological polar surface area (TPSA) is 79.4 Å². The zero-order valence-corrected chi connectivity index (χ0v) is 14.2. The van der Waals surface area contributed by atoms with E-state index in [0.717, 1.165) is 11.1 Å². The Morgan fingerprint density at radius 3 is 2.67 bits per heavy atom. The number of sulfonamides is 1. The number of hydrogen-bond acceptors (Lipinski definition) is 4. The van der Waals surface area contributed by atoms with Gasteiger partial charge in [-0.1, -0.05) is 6.92 Å². The van der Waals surface area contributed by atoms with Gasteiger partial charge in [0, 0.05) is 31.2 Å². The molecule has 1 aliphatic heterocycles. The Kier molecular flexibility index (Phi) is 4.64. The number of amides is 1. The quantitative estimate of drug-likeness (QED) is 0.866. The zero-order valence-electron chi connectivity index (χ0n) is 13.4. The molecule has 1 aromatic heterocycles. The number of carbonyl (C=O) groups excluding carboxylic acids is 1. The molecule has 24 heavy (non-hydrogen) atoms. The number of hydrogen-bond donors (Lipinski definition) is 1. The van der Waals surface area contributed by atoms with Gasteiger partial charge in [-0.05, 0) is 47.9 Å². The molecule has 0 bridgehead atoms. The molecule has 0 saturated heterocycles. The first-order valence-electron chi connectivity index (χ1n) is 7.82. The summed E-state index contributed by atoms with van der Waals surface area (Å²) < 4.78 is 27.2. The number of rotatable bonds is 6. The summed E-state index contributed by atoms with van der Waals surface area (Å²) >= 11 is 0. The van der Waals surface area contributed by atoms with Gasteiger partial charge in [0.1, 0.15) is 0 Å². The van der Waals surface area contributed by atoms with Crippen molar-refractivity contribution in [3.63, 3.8) is 0 Å². The number of carbonyl (C=O) groups is 1. The van der Waals surface area contributed by atoms with Crippen LogP contribution in [0.5, 0.6) is 0 Å². The van der Waals surface area contributed by atoms with Crippen molar-refractivity contribution in [2.75, 3.05) is 18.4 Å². The molecular weight excluding hydrogens is 326 g/mol. The number of anilines is 1. The van der Waals surface area contributed by atoms with E-state index in [1.165, 1.54) is 4.31 Å². The molecule has 0 aliphatic carbocycles. The molecule has 0 radical (unpaired) electrons. The Morgan fingerprint density at radius 2 is 1.96 bits per heavy atom.